The van der Waals surface area contributed by atoms with Crippen molar-refractivity contribution < 1.29 is 19.3 Å². The molecule has 5 nitrogen and oxygen atoms in total. The van der Waals surface area contributed by atoms with Gasteiger partial charge in [0, 0.05) is 24.7 Å². The summed E-state index contributed by atoms with van der Waals surface area (Å²) in [4.78, 5) is 0. The van der Waals surface area contributed by atoms with Gasteiger partial charge in [-0.15, -0.1) is 0 Å². The summed E-state index contributed by atoms with van der Waals surface area (Å²) >= 11 is 0. The second-order valence-corrected chi connectivity index (χ2v) is 5.64. The number of hydrogen-bond donors (Lipinski definition) is 2. The molecule has 0 bridgehead atoms. The number of ether oxygens (including phenoxy) is 3. The first-order valence-electron chi connectivity index (χ1n) is 7.77. The van der Waals surface area contributed by atoms with Crippen molar-refractivity contribution in [1.82, 2.24) is 5.32 Å². The van der Waals surface area contributed by atoms with Crippen molar-refractivity contribution in [2.24, 2.45) is 0 Å². The Morgan fingerprint density at radius 2 is 1.90 bits per heavy atom. The number of fused-ring (bicyclic) bond motifs is 1. The molecule has 2 N–H and O–H groups in total. The van der Waals surface area contributed by atoms with Crippen molar-refractivity contribution >= 4 is 0 Å². The Labute approximate surface area is 125 Å². The Bertz CT molecular complexity index is 472. The maximum Gasteiger partial charge on any atom is 0.231 e. The monoisotopic (exact) mass is 293 g/mol. The van der Waals surface area contributed by atoms with Crippen molar-refractivity contribution in [3.05, 3.63) is 17.7 Å². The molecule has 1 heterocycles. The van der Waals surface area contributed by atoms with Gasteiger partial charge in [0.25, 0.3) is 0 Å². The van der Waals surface area contributed by atoms with Crippen LogP contribution in [0.3, 0.4) is 0 Å². The van der Waals surface area contributed by atoms with Gasteiger partial charge in [0.05, 0.1) is 12.7 Å². The number of phenols is 1. The van der Waals surface area contributed by atoms with Crippen LogP contribution in [0.15, 0.2) is 12.1 Å². The van der Waals surface area contributed by atoms with Gasteiger partial charge < -0.3 is 24.6 Å². The van der Waals surface area contributed by atoms with Crippen LogP contribution in [0.25, 0.3) is 0 Å². The normalized spacial score (nSPS) is 18.1. The van der Waals surface area contributed by atoms with Gasteiger partial charge in [-0.1, -0.05) is 19.3 Å². The average molecular weight is 293 g/mol. The van der Waals surface area contributed by atoms with Crippen molar-refractivity contribution in [3.63, 3.8) is 0 Å². The molecule has 1 fully saturated rings. The van der Waals surface area contributed by atoms with E-state index in [1.54, 1.807) is 6.07 Å². The quantitative estimate of drug-likeness (QED) is 0.789. The number of nitrogens with one attached hydrogen (secondary N) is 1. The van der Waals surface area contributed by atoms with Crippen LogP contribution in [-0.2, 0) is 11.3 Å². The van der Waals surface area contributed by atoms with Crippen LogP contribution in [0, 0.1) is 0 Å². The molecule has 0 aromatic heterocycles. The molecule has 1 aromatic carbocycles. The van der Waals surface area contributed by atoms with E-state index >= 15 is 0 Å². The summed E-state index contributed by atoms with van der Waals surface area (Å²) in [5, 5.41) is 13.2. The van der Waals surface area contributed by atoms with Crippen LogP contribution in [0.1, 0.15) is 37.7 Å². The molecule has 21 heavy (non-hydrogen) atoms. The van der Waals surface area contributed by atoms with E-state index in [4.69, 9.17) is 14.2 Å². The fourth-order valence-electron chi connectivity index (χ4n) is 2.87. The molecular weight excluding hydrogens is 270 g/mol. The summed E-state index contributed by atoms with van der Waals surface area (Å²) < 4.78 is 16.4. The van der Waals surface area contributed by atoms with Gasteiger partial charge in [0.2, 0.25) is 6.79 Å². The Kier molecular flexibility index (Phi) is 4.83. The summed E-state index contributed by atoms with van der Waals surface area (Å²) in [7, 11) is 0. The highest BCUT2D eigenvalue weighted by atomic mass is 16.7. The predicted octanol–water partition coefficient (Wildman–Crippen LogP) is 2.56. The second-order valence-electron chi connectivity index (χ2n) is 5.64. The van der Waals surface area contributed by atoms with Gasteiger partial charge >= 0.3 is 0 Å². The zero-order chi connectivity index (χ0) is 14.5. The van der Waals surface area contributed by atoms with Crippen molar-refractivity contribution in [1.29, 1.82) is 0 Å². The standard InChI is InChI=1S/C16H23NO4/c18-14-9-16-15(20-11-21-16)8-12(14)10-17-6-7-19-13-4-2-1-3-5-13/h8-9,13,17-18H,1-7,10-11H2. The van der Waals surface area contributed by atoms with Gasteiger partial charge in [-0.2, -0.15) is 0 Å². The maximum atomic E-state index is 9.93. The van der Waals surface area contributed by atoms with Gasteiger partial charge in [0.15, 0.2) is 11.5 Å². The molecule has 1 aliphatic heterocycles. The minimum Gasteiger partial charge on any atom is -0.507 e. The lowest BCUT2D eigenvalue weighted by atomic mass is 9.98. The molecule has 0 spiro atoms. The third kappa shape index (κ3) is 3.80. The van der Waals surface area contributed by atoms with Gasteiger partial charge in [-0.25, -0.2) is 0 Å². The van der Waals surface area contributed by atoms with Crippen LogP contribution in [-0.4, -0.2) is 31.2 Å². The third-order valence-electron chi connectivity index (χ3n) is 4.07. The Morgan fingerprint density at radius 3 is 2.71 bits per heavy atom. The average Bonchev–Trinajstić information content (AvgIpc) is 2.95. The number of rotatable bonds is 6. The molecule has 0 radical (unpaired) electrons. The first-order valence-corrected chi connectivity index (χ1v) is 7.77. The van der Waals surface area contributed by atoms with Crippen molar-refractivity contribution in [2.45, 2.75) is 44.8 Å². The summed E-state index contributed by atoms with van der Waals surface area (Å²) in [6.07, 6.45) is 6.78. The van der Waals surface area contributed by atoms with Crippen molar-refractivity contribution in [3.8, 4) is 17.2 Å². The van der Waals surface area contributed by atoms with E-state index in [0.29, 0.717) is 24.1 Å². The molecule has 1 saturated carbocycles. The third-order valence-corrected chi connectivity index (χ3v) is 4.07. The van der Waals surface area contributed by atoms with E-state index < -0.39 is 0 Å². The van der Waals surface area contributed by atoms with Crippen molar-refractivity contribution in [2.75, 3.05) is 19.9 Å². The lowest BCUT2D eigenvalue weighted by Crippen LogP contribution is -2.24. The number of aromatic hydroxyl groups is 1. The van der Waals surface area contributed by atoms with Gasteiger partial charge in [0.1, 0.15) is 5.75 Å². The zero-order valence-corrected chi connectivity index (χ0v) is 12.3. The highest BCUT2D eigenvalue weighted by Gasteiger charge is 2.17. The van der Waals surface area contributed by atoms with Gasteiger partial charge in [-0.05, 0) is 18.9 Å². The smallest absolute Gasteiger partial charge is 0.231 e. The van der Waals surface area contributed by atoms with E-state index in [2.05, 4.69) is 5.32 Å². The summed E-state index contributed by atoms with van der Waals surface area (Å²) in [5.74, 6) is 1.54. The van der Waals surface area contributed by atoms with E-state index in [0.717, 1.165) is 18.7 Å². The Hall–Kier alpha value is -1.46. The molecule has 0 saturated heterocycles. The number of phenolic OH excluding ortho intramolecular Hbond substituents is 1. The minimum absolute atomic E-state index is 0.223. The Morgan fingerprint density at radius 1 is 1.14 bits per heavy atom. The van der Waals surface area contributed by atoms with Crippen LogP contribution in [0.5, 0.6) is 17.2 Å². The molecule has 116 valence electrons. The van der Waals surface area contributed by atoms with E-state index in [9.17, 15) is 5.11 Å². The lowest BCUT2D eigenvalue weighted by molar-refractivity contribution is 0.0302. The highest BCUT2D eigenvalue weighted by molar-refractivity contribution is 5.51. The van der Waals surface area contributed by atoms with Crippen LogP contribution in [0.4, 0.5) is 0 Å². The first-order chi connectivity index (χ1) is 10.3. The predicted molar refractivity (Wildman–Crippen MR) is 78.8 cm³/mol. The molecule has 0 atom stereocenters. The molecule has 5 heteroatoms. The fourth-order valence-corrected chi connectivity index (χ4v) is 2.87. The van der Waals surface area contributed by atoms with Crippen LogP contribution >= 0.6 is 0 Å². The zero-order valence-electron chi connectivity index (χ0n) is 12.3. The van der Waals surface area contributed by atoms with E-state index in [1.165, 1.54) is 32.1 Å². The molecular formula is C16H23NO4. The molecule has 1 aromatic rings. The topological polar surface area (TPSA) is 60.0 Å². The van der Waals surface area contributed by atoms with Crippen LogP contribution in [0.2, 0.25) is 0 Å². The molecule has 3 rings (SSSR count). The molecule has 2 aliphatic rings. The highest BCUT2D eigenvalue weighted by Crippen LogP contribution is 2.37. The fraction of sp³-hybridized carbons (Fsp3) is 0.625. The minimum atomic E-state index is 0.223. The Balaban J connectivity index is 1.39. The molecule has 1 aliphatic carbocycles. The number of benzene rings is 1. The van der Waals surface area contributed by atoms with Crippen LogP contribution < -0.4 is 14.8 Å². The van der Waals surface area contributed by atoms with Gasteiger partial charge in [-0.3, -0.25) is 0 Å². The van der Waals surface area contributed by atoms with E-state index in [-0.39, 0.29) is 12.5 Å². The largest absolute Gasteiger partial charge is 0.507 e. The summed E-state index contributed by atoms with van der Waals surface area (Å²) in [6.45, 7) is 2.32. The number of hydrogen-bond acceptors (Lipinski definition) is 5. The summed E-state index contributed by atoms with van der Waals surface area (Å²) in [6, 6.07) is 3.44. The SMILES string of the molecule is Oc1cc2c(cc1CNCCOC1CCCCC1)OCO2. The second kappa shape index (κ2) is 7.00. The molecule has 0 amide bonds. The molecule has 0 unspecified atom stereocenters. The van der Waals surface area contributed by atoms with E-state index in [1.807, 2.05) is 6.07 Å². The first kappa shape index (κ1) is 14.5. The summed E-state index contributed by atoms with van der Waals surface area (Å²) in [5.41, 5.74) is 0.817. The maximum absolute atomic E-state index is 9.93. The lowest BCUT2D eigenvalue weighted by Gasteiger charge is -2.22.